The Hall–Kier alpha value is -3.33. The number of phenols is 1. The van der Waals surface area contributed by atoms with Crippen molar-refractivity contribution in [3.63, 3.8) is 0 Å². The number of aromatic hydroxyl groups is 1. The summed E-state index contributed by atoms with van der Waals surface area (Å²) in [6.45, 7) is 2.37. The van der Waals surface area contributed by atoms with Crippen LogP contribution in [0.5, 0.6) is 23.0 Å². The van der Waals surface area contributed by atoms with Crippen molar-refractivity contribution in [2.75, 3.05) is 13.7 Å². The van der Waals surface area contributed by atoms with Gasteiger partial charge in [0.25, 0.3) is 0 Å². The summed E-state index contributed by atoms with van der Waals surface area (Å²) in [5.41, 5.74) is 7.81. The van der Waals surface area contributed by atoms with E-state index in [0.717, 1.165) is 11.1 Å². The molecule has 3 N–H and O–H groups in total. The number of nitrogens with two attached hydrogens (primary N) is 1. The van der Waals surface area contributed by atoms with Crippen LogP contribution in [-0.2, 0) is 0 Å². The third-order valence-corrected chi connectivity index (χ3v) is 4.02. The number of allylic oxidation sites excluding steroid dienone is 1. The third kappa shape index (κ3) is 2.92. The van der Waals surface area contributed by atoms with Crippen LogP contribution < -0.4 is 19.9 Å². The minimum absolute atomic E-state index is 0.0272. The van der Waals surface area contributed by atoms with Gasteiger partial charge < -0.3 is 25.1 Å². The molecular formula is C19H18N2O4. The molecule has 1 atom stereocenters. The first kappa shape index (κ1) is 16.5. The second-order valence-corrected chi connectivity index (χ2v) is 5.49. The van der Waals surface area contributed by atoms with Crippen LogP contribution >= 0.6 is 0 Å². The highest BCUT2D eigenvalue weighted by atomic mass is 16.5. The quantitative estimate of drug-likeness (QED) is 0.889. The number of rotatable bonds is 4. The topological polar surface area (TPSA) is 97.7 Å². The average molecular weight is 338 g/mol. The summed E-state index contributed by atoms with van der Waals surface area (Å²) in [5.74, 6) is 1.30. The van der Waals surface area contributed by atoms with Gasteiger partial charge in [-0.15, -0.1) is 0 Å². The van der Waals surface area contributed by atoms with Gasteiger partial charge in [-0.25, -0.2) is 0 Å². The first-order valence-corrected chi connectivity index (χ1v) is 7.80. The van der Waals surface area contributed by atoms with Crippen molar-refractivity contribution in [1.29, 1.82) is 5.26 Å². The van der Waals surface area contributed by atoms with Gasteiger partial charge in [-0.2, -0.15) is 5.26 Å². The lowest BCUT2D eigenvalue weighted by molar-refractivity contribution is 0.310. The van der Waals surface area contributed by atoms with E-state index in [1.807, 2.05) is 19.1 Å². The fourth-order valence-electron chi connectivity index (χ4n) is 2.93. The summed E-state index contributed by atoms with van der Waals surface area (Å²) >= 11 is 0. The number of ether oxygens (including phenoxy) is 3. The molecule has 2 aromatic carbocycles. The highest BCUT2D eigenvalue weighted by Crippen LogP contribution is 2.44. The number of fused-ring (bicyclic) bond motifs is 1. The first-order valence-electron chi connectivity index (χ1n) is 7.80. The van der Waals surface area contributed by atoms with E-state index in [0.29, 0.717) is 29.4 Å². The Morgan fingerprint density at radius 1 is 1.24 bits per heavy atom. The lowest BCUT2D eigenvalue weighted by Gasteiger charge is -2.27. The zero-order valence-corrected chi connectivity index (χ0v) is 13.9. The molecule has 0 amide bonds. The normalized spacial score (nSPS) is 15.8. The SMILES string of the molecule is CCOc1cc(C2C(C#N)=C(N)Oc3cc(O)ccc32)ccc1OC. The van der Waals surface area contributed by atoms with Crippen LogP contribution in [0.2, 0.25) is 0 Å². The molecule has 6 nitrogen and oxygen atoms in total. The summed E-state index contributed by atoms with van der Waals surface area (Å²) in [5, 5.41) is 19.3. The molecule has 0 bridgehead atoms. The molecule has 0 fully saturated rings. The highest BCUT2D eigenvalue weighted by Gasteiger charge is 2.31. The Bertz CT molecular complexity index is 883. The average Bonchev–Trinajstić information content (AvgIpc) is 2.60. The number of phenolic OH excluding ortho intramolecular Hbond substituents is 1. The monoisotopic (exact) mass is 338 g/mol. The Morgan fingerprint density at radius 2 is 2.04 bits per heavy atom. The molecular weight excluding hydrogens is 320 g/mol. The summed E-state index contributed by atoms with van der Waals surface area (Å²) in [6, 6.07) is 12.4. The van der Waals surface area contributed by atoms with Crippen LogP contribution in [0.4, 0.5) is 0 Å². The number of benzene rings is 2. The van der Waals surface area contributed by atoms with Gasteiger partial charge in [0.05, 0.1) is 19.6 Å². The maximum Gasteiger partial charge on any atom is 0.205 e. The van der Waals surface area contributed by atoms with Crippen LogP contribution in [0.1, 0.15) is 24.0 Å². The van der Waals surface area contributed by atoms with Crippen molar-refractivity contribution < 1.29 is 19.3 Å². The molecule has 2 aromatic rings. The summed E-state index contributed by atoms with van der Waals surface area (Å²) in [4.78, 5) is 0. The molecule has 0 spiro atoms. The number of hydrogen-bond acceptors (Lipinski definition) is 6. The molecule has 25 heavy (non-hydrogen) atoms. The van der Waals surface area contributed by atoms with Gasteiger partial charge in [-0.3, -0.25) is 0 Å². The van der Waals surface area contributed by atoms with Crippen molar-refractivity contribution in [3.05, 3.63) is 59.0 Å². The zero-order valence-electron chi connectivity index (χ0n) is 13.9. The summed E-state index contributed by atoms with van der Waals surface area (Å²) in [7, 11) is 1.57. The number of hydrogen-bond donors (Lipinski definition) is 2. The second kappa shape index (κ2) is 6.65. The Labute approximate surface area is 145 Å². The fourth-order valence-corrected chi connectivity index (χ4v) is 2.93. The Kier molecular flexibility index (Phi) is 4.40. The molecule has 3 rings (SSSR count). The van der Waals surface area contributed by atoms with Gasteiger partial charge >= 0.3 is 0 Å². The van der Waals surface area contributed by atoms with Crippen molar-refractivity contribution >= 4 is 0 Å². The van der Waals surface area contributed by atoms with Crippen molar-refractivity contribution in [1.82, 2.24) is 0 Å². The molecule has 128 valence electrons. The maximum absolute atomic E-state index is 9.70. The fraction of sp³-hybridized carbons (Fsp3) is 0.211. The molecule has 6 heteroatoms. The van der Waals surface area contributed by atoms with E-state index in [2.05, 4.69) is 6.07 Å². The Balaban J connectivity index is 2.18. The molecule has 0 saturated carbocycles. The van der Waals surface area contributed by atoms with Gasteiger partial charge in [0, 0.05) is 11.6 Å². The number of methoxy groups -OCH3 is 1. The zero-order chi connectivity index (χ0) is 18.0. The molecule has 1 aliphatic heterocycles. The maximum atomic E-state index is 9.70. The standard InChI is InChI=1S/C19H18N2O4/c1-3-24-17-8-11(4-7-15(17)23-2)18-13-6-5-12(22)9-16(13)25-19(21)14(18)10-20/h4-9,18,22H,3,21H2,1-2H3. The van der Waals surface area contributed by atoms with E-state index < -0.39 is 5.92 Å². The van der Waals surface area contributed by atoms with Gasteiger partial charge in [0.2, 0.25) is 5.88 Å². The molecule has 0 saturated heterocycles. The van der Waals surface area contributed by atoms with E-state index >= 15 is 0 Å². The first-order chi connectivity index (χ1) is 12.1. The minimum Gasteiger partial charge on any atom is -0.508 e. The molecule has 0 aromatic heterocycles. The van der Waals surface area contributed by atoms with Crippen molar-refractivity contribution in [3.8, 4) is 29.1 Å². The van der Waals surface area contributed by atoms with E-state index in [4.69, 9.17) is 19.9 Å². The lowest BCUT2D eigenvalue weighted by atomic mass is 9.83. The van der Waals surface area contributed by atoms with E-state index in [1.165, 1.54) is 6.07 Å². The number of nitrogens with zero attached hydrogens (tertiary/aromatic N) is 1. The Morgan fingerprint density at radius 3 is 2.72 bits per heavy atom. The highest BCUT2D eigenvalue weighted by molar-refractivity contribution is 5.58. The van der Waals surface area contributed by atoms with E-state index in [1.54, 1.807) is 25.3 Å². The van der Waals surface area contributed by atoms with Gasteiger partial charge in [-0.05, 0) is 30.7 Å². The van der Waals surface area contributed by atoms with Crippen LogP contribution in [0.25, 0.3) is 0 Å². The predicted octanol–water partition coefficient (Wildman–Crippen LogP) is 3.02. The van der Waals surface area contributed by atoms with Crippen molar-refractivity contribution in [2.45, 2.75) is 12.8 Å². The molecule has 1 aliphatic rings. The molecule has 1 heterocycles. The van der Waals surface area contributed by atoms with Crippen LogP contribution in [0.3, 0.4) is 0 Å². The van der Waals surface area contributed by atoms with Crippen LogP contribution in [0, 0.1) is 11.3 Å². The summed E-state index contributed by atoms with van der Waals surface area (Å²) < 4.78 is 16.5. The third-order valence-electron chi connectivity index (χ3n) is 4.02. The second-order valence-electron chi connectivity index (χ2n) is 5.49. The van der Waals surface area contributed by atoms with Crippen LogP contribution in [0.15, 0.2) is 47.9 Å². The number of nitriles is 1. The van der Waals surface area contributed by atoms with Gasteiger partial charge in [0.1, 0.15) is 23.1 Å². The smallest absolute Gasteiger partial charge is 0.205 e. The molecule has 1 unspecified atom stereocenters. The predicted molar refractivity (Wildman–Crippen MR) is 91.6 cm³/mol. The van der Waals surface area contributed by atoms with E-state index in [9.17, 15) is 10.4 Å². The largest absolute Gasteiger partial charge is 0.508 e. The minimum atomic E-state index is -0.417. The van der Waals surface area contributed by atoms with Gasteiger partial charge in [0.15, 0.2) is 11.5 Å². The van der Waals surface area contributed by atoms with Crippen molar-refractivity contribution in [2.24, 2.45) is 5.73 Å². The van der Waals surface area contributed by atoms with Crippen LogP contribution in [-0.4, -0.2) is 18.8 Å². The summed E-state index contributed by atoms with van der Waals surface area (Å²) in [6.07, 6.45) is 0. The molecule has 0 radical (unpaired) electrons. The van der Waals surface area contributed by atoms with Gasteiger partial charge in [-0.1, -0.05) is 12.1 Å². The molecule has 0 aliphatic carbocycles. The lowest BCUT2D eigenvalue weighted by Crippen LogP contribution is -2.21. The van der Waals surface area contributed by atoms with E-state index in [-0.39, 0.29) is 11.6 Å².